The summed E-state index contributed by atoms with van der Waals surface area (Å²) in [4.78, 5) is 14.8. The third-order valence-electron chi connectivity index (χ3n) is 3.77. The number of rotatable bonds is 5. The molecule has 0 spiro atoms. The van der Waals surface area contributed by atoms with E-state index in [4.69, 9.17) is 4.74 Å². The summed E-state index contributed by atoms with van der Waals surface area (Å²) in [6, 6.07) is 7.76. The minimum absolute atomic E-state index is 0.0815. The van der Waals surface area contributed by atoms with Gasteiger partial charge >= 0.3 is 0 Å². The Balaban J connectivity index is 2.21. The summed E-state index contributed by atoms with van der Waals surface area (Å²) in [5, 5.41) is 3.38. The highest BCUT2D eigenvalue weighted by Gasteiger charge is 2.26. The van der Waals surface area contributed by atoms with Crippen LogP contribution in [0.2, 0.25) is 0 Å². The summed E-state index contributed by atoms with van der Waals surface area (Å²) in [7, 11) is 1.61. The Morgan fingerprint density at radius 1 is 1.45 bits per heavy atom. The SMILES string of the molecule is CCCN(C(=O)c1ccccc1OC)C1CCCNC1. The van der Waals surface area contributed by atoms with E-state index in [2.05, 4.69) is 12.2 Å². The van der Waals surface area contributed by atoms with Gasteiger partial charge in [0.05, 0.1) is 12.7 Å². The first-order valence-electron chi connectivity index (χ1n) is 7.42. The smallest absolute Gasteiger partial charge is 0.257 e. The fourth-order valence-corrected chi connectivity index (χ4v) is 2.77. The van der Waals surface area contributed by atoms with Crippen LogP contribution in [0.25, 0.3) is 0 Å². The highest BCUT2D eigenvalue weighted by Crippen LogP contribution is 2.22. The number of benzene rings is 1. The lowest BCUT2D eigenvalue weighted by Crippen LogP contribution is -2.49. The Hall–Kier alpha value is -1.55. The lowest BCUT2D eigenvalue weighted by atomic mass is 10.0. The van der Waals surface area contributed by atoms with Crippen LogP contribution in [0, 0.1) is 0 Å². The van der Waals surface area contributed by atoms with Crippen LogP contribution in [0.4, 0.5) is 0 Å². The first-order chi connectivity index (χ1) is 9.77. The van der Waals surface area contributed by atoms with E-state index < -0.39 is 0 Å². The molecule has 1 aromatic rings. The summed E-state index contributed by atoms with van der Waals surface area (Å²) in [6.07, 6.45) is 3.18. The topological polar surface area (TPSA) is 41.6 Å². The predicted molar refractivity (Wildman–Crippen MR) is 80.2 cm³/mol. The predicted octanol–water partition coefficient (Wildman–Crippen LogP) is 2.30. The van der Waals surface area contributed by atoms with E-state index in [1.165, 1.54) is 0 Å². The van der Waals surface area contributed by atoms with Gasteiger partial charge in [-0.3, -0.25) is 4.79 Å². The third-order valence-corrected chi connectivity index (χ3v) is 3.77. The molecular formula is C16H24N2O2. The Morgan fingerprint density at radius 2 is 2.25 bits per heavy atom. The average molecular weight is 276 g/mol. The summed E-state index contributed by atoms with van der Waals surface area (Å²) in [5.41, 5.74) is 0.661. The molecule has 1 unspecified atom stereocenters. The van der Waals surface area contributed by atoms with Crippen LogP contribution in [0.1, 0.15) is 36.5 Å². The summed E-state index contributed by atoms with van der Waals surface area (Å²) < 4.78 is 5.32. The number of nitrogens with one attached hydrogen (secondary N) is 1. The second-order valence-electron chi connectivity index (χ2n) is 5.20. The second kappa shape index (κ2) is 7.29. The van der Waals surface area contributed by atoms with Gasteiger partial charge in [0.2, 0.25) is 0 Å². The minimum atomic E-state index is 0.0815. The zero-order valence-corrected chi connectivity index (χ0v) is 12.4. The van der Waals surface area contributed by atoms with Crippen molar-refractivity contribution < 1.29 is 9.53 Å². The third kappa shape index (κ3) is 3.31. The molecule has 2 rings (SSSR count). The summed E-state index contributed by atoms with van der Waals surface area (Å²) >= 11 is 0. The van der Waals surface area contributed by atoms with Crippen molar-refractivity contribution in [2.45, 2.75) is 32.2 Å². The van der Waals surface area contributed by atoms with Crippen molar-refractivity contribution in [1.29, 1.82) is 0 Å². The van der Waals surface area contributed by atoms with E-state index in [1.807, 2.05) is 29.2 Å². The molecule has 110 valence electrons. The van der Waals surface area contributed by atoms with Crippen molar-refractivity contribution in [3.8, 4) is 5.75 Å². The zero-order chi connectivity index (χ0) is 14.4. The highest BCUT2D eigenvalue weighted by atomic mass is 16.5. The number of hydrogen-bond acceptors (Lipinski definition) is 3. The van der Waals surface area contributed by atoms with Crippen molar-refractivity contribution in [2.24, 2.45) is 0 Å². The fourth-order valence-electron chi connectivity index (χ4n) is 2.77. The lowest BCUT2D eigenvalue weighted by molar-refractivity contribution is 0.0645. The van der Waals surface area contributed by atoms with Crippen LogP contribution in [0.5, 0.6) is 5.75 Å². The van der Waals surface area contributed by atoms with Crippen molar-refractivity contribution in [2.75, 3.05) is 26.7 Å². The second-order valence-corrected chi connectivity index (χ2v) is 5.20. The van der Waals surface area contributed by atoms with Gasteiger partial charge in [-0.1, -0.05) is 19.1 Å². The molecule has 1 atom stereocenters. The molecule has 1 N–H and O–H groups in total. The van der Waals surface area contributed by atoms with Crippen LogP contribution in [0.3, 0.4) is 0 Å². The van der Waals surface area contributed by atoms with E-state index in [0.717, 1.165) is 38.9 Å². The van der Waals surface area contributed by atoms with Gasteiger partial charge in [0, 0.05) is 19.1 Å². The molecule has 0 aliphatic carbocycles. The Kier molecular flexibility index (Phi) is 5.41. The zero-order valence-electron chi connectivity index (χ0n) is 12.4. The lowest BCUT2D eigenvalue weighted by Gasteiger charge is -2.35. The van der Waals surface area contributed by atoms with Crippen molar-refractivity contribution in [3.05, 3.63) is 29.8 Å². The maximum absolute atomic E-state index is 12.8. The highest BCUT2D eigenvalue weighted by molar-refractivity contribution is 5.97. The molecule has 0 bridgehead atoms. The van der Waals surface area contributed by atoms with Crippen LogP contribution in [-0.4, -0.2) is 43.6 Å². The van der Waals surface area contributed by atoms with Crippen LogP contribution < -0.4 is 10.1 Å². The van der Waals surface area contributed by atoms with Gasteiger partial charge < -0.3 is 15.0 Å². The van der Waals surface area contributed by atoms with Gasteiger partial charge in [0.15, 0.2) is 0 Å². The molecule has 20 heavy (non-hydrogen) atoms. The number of hydrogen-bond donors (Lipinski definition) is 1. The Bertz CT molecular complexity index is 442. The Morgan fingerprint density at radius 3 is 2.90 bits per heavy atom. The number of methoxy groups -OCH3 is 1. The van der Waals surface area contributed by atoms with Gasteiger partial charge in [0.25, 0.3) is 5.91 Å². The van der Waals surface area contributed by atoms with E-state index in [1.54, 1.807) is 7.11 Å². The number of carbonyl (C=O) groups is 1. The minimum Gasteiger partial charge on any atom is -0.496 e. The molecule has 1 aromatic carbocycles. The largest absolute Gasteiger partial charge is 0.496 e. The van der Waals surface area contributed by atoms with E-state index in [9.17, 15) is 4.79 Å². The first kappa shape index (κ1) is 14.9. The van der Waals surface area contributed by atoms with Crippen molar-refractivity contribution >= 4 is 5.91 Å². The maximum atomic E-state index is 12.8. The molecule has 0 saturated carbocycles. The van der Waals surface area contributed by atoms with Gasteiger partial charge in [-0.2, -0.15) is 0 Å². The first-order valence-corrected chi connectivity index (χ1v) is 7.42. The molecule has 1 heterocycles. The summed E-state index contributed by atoms with van der Waals surface area (Å²) in [5.74, 6) is 0.736. The monoisotopic (exact) mass is 276 g/mol. The maximum Gasteiger partial charge on any atom is 0.257 e. The van der Waals surface area contributed by atoms with Crippen LogP contribution >= 0.6 is 0 Å². The van der Waals surface area contributed by atoms with Gasteiger partial charge in [-0.15, -0.1) is 0 Å². The molecule has 4 heteroatoms. The van der Waals surface area contributed by atoms with Gasteiger partial charge in [-0.25, -0.2) is 0 Å². The molecule has 0 radical (unpaired) electrons. The quantitative estimate of drug-likeness (QED) is 0.897. The molecule has 0 aromatic heterocycles. The van der Waals surface area contributed by atoms with E-state index in [-0.39, 0.29) is 5.91 Å². The molecule has 4 nitrogen and oxygen atoms in total. The van der Waals surface area contributed by atoms with Crippen LogP contribution in [0.15, 0.2) is 24.3 Å². The van der Waals surface area contributed by atoms with E-state index in [0.29, 0.717) is 17.4 Å². The fraction of sp³-hybridized carbons (Fsp3) is 0.562. The normalized spacial score (nSPS) is 18.6. The molecule has 1 fully saturated rings. The van der Waals surface area contributed by atoms with E-state index >= 15 is 0 Å². The number of ether oxygens (including phenoxy) is 1. The van der Waals surface area contributed by atoms with Gasteiger partial charge in [0.1, 0.15) is 5.75 Å². The molecular weight excluding hydrogens is 252 g/mol. The van der Waals surface area contributed by atoms with Crippen LogP contribution in [-0.2, 0) is 0 Å². The number of piperidine rings is 1. The van der Waals surface area contributed by atoms with Crippen molar-refractivity contribution in [3.63, 3.8) is 0 Å². The number of nitrogens with zero attached hydrogens (tertiary/aromatic N) is 1. The standard InChI is InChI=1S/C16H24N2O2/c1-3-11-18(13-7-6-10-17-12-13)16(19)14-8-4-5-9-15(14)20-2/h4-5,8-9,13,17H,3,6-7,10-12H2,1-2H3. The van der Waals surface area contributed by atoms with Gasteiger partial charge in [-0.05, 0) is 37.9 Å². The Labute approximate surface area is 121 Å². The number of para-hydroxylation sites is 1. The number of carbonyl (C=O) groups excluding carboxylic acids is 1. The molecule has 1 aliphatic heterocycles. The average Bonchev–Trinajstić information content (AvgIpc) is 2.52. The van der Waals surface area contributed by atoms with Crippen molar-refractivity contribution in [1.82, 2.24) is 10.2 Å². The molecule has 1 amide bonds. The molecule has 1 aliphatic rings. The molecule has 1 saturated heterocycles. The summed E-state index contributed by atoms with van der Waals surface area (Å²) in [6.45, 7) is 4.85. The number of amides is 1.